The van der Waals surface area contributed by atoms with Crippen LogP contribution in [0.5, 0.6) is 0 Å². The number of allylic oxidation sites excluding steroid dienone is 4. The van der Waals surface area contributed by atoms with Gasteiger partial charge >= 0.3 is 0 Å². The van der Waals surface area contributed by atoms with Gasteiger partial charge in [0, 0.05) is 19.5 Å². The molecule has 2 unspecified atom stereocenters. The summed E-state index contributed by atoms with van der Waals surface area (Å²) in [5.41, 5.74) is 6.12. The van der Waals surface area contributed by atoms with E-state index in [1.165, 1.54) is 0 Å². The SMILES string of the molecule is C=C/C(=C\C=C(\O)CC)C1(C(=O)N(CC)CC)CC1CN. The number of hydrogen-bond donors (Lipinski definition) is 2. The van der Waals surface area contributed by atoms with Crippen molar-refractivity contribution in [2.75, 3.05) is 19.6 Å². The van der Waals surface area contributed by atoms with Crippen LogP contribution in [0.2, 0.25) is 0 Å². The van der Waals surface area contributed by atoms with E-state index >= 15 is 0 Å². The van der Waals surface area contributed by atoms with Crippen molar-refractivity contribution in [2.24, 2.45) is 17.1 Å². The van der Waals surface area contributed by atoms with E-state index in [2.05, 4.69) is 6.58 Å². The molecule has 21 heavy (non-hydrogen) atoms. The molecule has 0 saturated heterocycles. The van der Waals surface area contributed by atoms with Gasteiger partial charge in [-0.1, -0.05) is 25.7 Å². The second-order valence-corrected chi connectivity index (χ2v) is 5.42. The standard InChI is InChI=1S/C17H28N2O2/c1-5-13(9-10-15(20)6-2)17(11-14(17)12-18)16(21)19(7-3)8-4/h5,9-10,14,20H,1,6-8,11-12,18H2,2-4H3/b13-9+,15-10+. The predicted octanol–water partition coefficient (Wildman–Crippen LogP) is 2.78. The maximum Gasteiger partial charge on any atom is 0.233 e. The van der Waals surface area contributed by atoms with Crippen LogP contribution in [0.3, 0.4) is 0 Å². The lowest BCUT2D eigenvalue weighted by Crippen LogP contribution is -2.39. The minimum Gasteiger partial charge on any atom is -0.512 e. The highest BCUT2D eigenvalue weighted by molar-refractivity contribution is 5.90. The van der Waals surface area contributed by atoms with Crippen LogP contribution in [0.1, 0.15) is 33.6 Å². The van der Waals surface area contributed by atoms with Gasteiger partial charge in [0.1, 0.15) is 0 Å². The molecule has 4 nitrogen and oxygen atoms in total. The van der Waals surface area contributed by atoms with Crippen LogP contribution in [0.25, 0.3) is 0 Å². The molecule has 0 aromatic rings. The molecule has 2 atom stereocenters. The molecule has 0 heterocycles. The molecule has 1 rings (SSSR count). The van der Waals surface area contributed by atoms with E-state index in [0.29, 0.717) is 31.8 Å². The molecule has 1 aliphatic rings. The fourth-order valence-electron chi connectivity index (χ4n) is 2.85. The van der Waals surface area contributed by atoms with Crippen molar-refractivity contribution >= 4 is 5.91 Å². The number of carbonyl (C=O) groups is 1. The molecule has 0 bridgehead atoms. The first-order chi connectivity index (χ1) is 10.0. The predicted molar refractivity (Wildman–Crippen MR) is 86.8 cm³/mol. The Morgan fingerprint density at radius 1 is 1.38 bits per heavy atom. The molecule has 3 N–H and O–H groups in total. The van der Waals surface area contributed by atoms with Gasteiger partial charge < -0.3 is 15.7 Å². The van der Waals surface area contributed by atoms with Crippen molar-refractivity contribution in [1.29, 1.82) is 0 Å². The van der Waals surface area contributed by atoms with E-state index in [1.807, 2.05) is 31.7 Å². The number of hydrogen-bond acceptors (Lipinski definition) is 3. The Bertz CT molecular complexity index is 450. The molecule has 0 aliphatic heterocycles. The van der Waals surface area contributed by atoms with Gasteiger partial charge in [-0.25, -0.2) is 0 Å². The number of aliphatic hydroxyl groups is 1. The quantitative estimate of drug-likeness (QED) is 0.534. The topological polar surface area (TPSA) is 66.6 Å². The van der Waals surface area contributed by atoms with E-state index in [4.69, 9.17) is 5.73 Å². The summed E-state index contributed by atoms with van der Waals surface area (Å²) >= 11 is 0. The van der Waals surface area contributed by atoms with E-state index in [1.54, 1.807) is 12.2 Å². The Morgan fingerprint density at radius 3 is 2.38 bits per heavy atom. The van der Waals surface area contributed by atoms with Gasteiger partial charge in [-0.15, -0.1) is 0 Å². The summed E-state index contributed by atoms with van der Waals surface area (Å²) in [4.78, 5) is 14.7. The lowest BCUT2D eigenvalue weighted by atomic mass is 9.90. The van der Waals surface area contributed by atoms with Gasteiger partial charge in [-0.2, -0.15) is 0 Å². The fourth-order valence-corrected chi connectivity index (χ4v) is 2.85. The molecule has 0 radical (unpaired) electrons. The lowest BCUT2D eigenvalue weighted by molar-refractivity contribution is -0.135. The van der Waals surface area contributed by atoms with Crippen molar-refractivity contribution in [1.82, 2.24) is 4.90 Å². The third-order valence-corrected chi connectivity index (χ3v) is 4.37. The van der Waals surface area contributed by atoms with Crippen LogP contribution in [0, 0.1) is 11.3 Å². The highest BCUT2D eigenvalue weighted by Gasteiger charge is 2.61. The van der Waals surface area contributed by atoms with E-state index in [0.717, 1.165) is 12.0 Å². The summed E-state index contributed by atoms with van der Waals surface area (Å²) in [5.74, 6) is 0.579. The Balaban J connectivity index is 3.16. The average molecular weight is 292 g/mol. The normalized spacial score (nSPS) is 25.6. The largest absolute Gasteiger partial charge is 0.512 e. The van der Waals surface area contributed by atoms with Crippen LogP contribution in [0.4, 0.5) is 0 Å². The Kier molecular flexibility index (Phi) is 6.21. The molecule has 1 aliphatic carbocycles. The van der Waals surface area contributed by atoms with Gasteiger partial charge in [0.05, 0.1) is 11.2 Å². The number of nitrogens with zero attached hydrogens (tertiary/aromatic N) is 1. The summed E-state index contributed by atoms with van der Waals surface area (Å²) in [6.45, 7) is 11.6. The van der Waals surface area contributed by atoms with Crippen LogP contribution in [-0.4, -0.2) is 35.5 Å². The summed E-state index contributed by atoms with van der Waals surface area (Å²) in [5, 5.41) is 9.61. The van der Waals surface area contributed by atoms with Crippen LogP contribution in [0.15, 0.2) is 36.1 Å². The smallest absolute Gasteiger partial charge is 0.233 e. The fraction of sp³-hybridized carbons (Fsp3) is 0.588. The van der Waals surface area contributed by atoms with Crippen molar-refractivity contribution in [2.45, 2.75) is 33.6 Å². The first-order valence-corrected chi connectivity index (χ1v) is 7.73. The molecule has 1 saturated carbocycles. The van der Waals surface area contributed by atoms with Crippen LogP contribution in [-0.2, 0) is 4.79 Å². The lowest BCUT2D eigenvalue weighted by Gasteiger charge is -2.27. The van der Waals surface area contributed by atoms with Gasteiger partial charge in [-0.3, -0.25) is 4.79 Å². The monoisotopic (exact) mass is 292 g/mol. The summed E-state index contributed by atoms with van der Waals surface area (Å²) < 4.78 is 0. The Hall–Kier alpha value is -1.55. The zero-order valence-corrected chi connectivity index (χ0v) is 13.4. The minimum absolute atomic E-state index is 0.124. The molecule has 0 aromatic carbocycles. The van der Waals surface area contributed by atoms with E-state index in [9.17, 15) is 9.90 Å². The highest BCUT2D eigenvalue weighted by atomic mass is 16.3. The average Bonchev–Trinajstić information content (AvgIpc) is 3.24. The van der Waals surface area contributed by atoms with Crippen molar-refractivity contribution in [3.63, 3.8) is 0 Å². The van der Waals surface area contributed by atoms with Gasteiger partial charge in [0.15, 0.2) is 0 Å². The summed E-state index contributed by atoms with van der Waals surface area (Å²) in [7, 11) is 0. The number of nitrogens with two attached hydrogens (primary N) is 1. The third-order valence-electron chi connectivity index (χ3n) is 4.37. The third kappa shape index (κ3) is 3.38. The van der Waals surface area contributed by atoms with E-state index < -0.39 is 5.41 Å². The maximum atomic E-state index is 12.9. The zero-order valence-electron chi connectivity index (χ0n) is 13.4. The van der Waals surface area contributed by atoms with Crippen molar-refractivity contribution in [3.05, 3.63) is 36.1 Å². The van der Waals surface area contributed by atoms with Gasteiger partial charge in [-0.05, 0) is 44.4 Å². The first kappa shape index (κ1) is 17.5. The van der Waals surface area contributed by atoms with E-state index in [-0.39, 0.29) is 11.8 Å². The minimum atomic E-state index is -0.549. The molecule has 1 amide bonds. The molecular formula is C17H28N2O2. The first-order valence-electron chi connectivity index (χ1n) is 7.73. The summed E-state index contributed by atoms with van der Waals surface area (Å²) in [6.07, 6.45) is 6.51. The number of rotatable bonds is 8. The Morgan fingerprint density at radius 2 is 2.00 bits per heavy atom. The number of aliphatic hydroxyl groups excluding tert-OH is 1. The maximum absolute atomic E-state index is 12.9. The van der Waals surface area contributed by atoms with Crippen LogP contribution >= 0.6 is 0 Å². The molecule has 0 aromatic heterocycles. The van der Waals surface area contributed by atoms with Crippen molar-refractivity contribution < 1.29 is 9.90 Å². The molecular weight excluding hydrogens is 264 g/mol. The molecule has 1 fully saturated rings. The number of amides is 1. The molecule has 4 heteroatoms. The second kappa shape index (κ2) is 7.46. The molecule has 0 spiro atoms. The zero-order chi connectivity index (χ0) is 16.0. The van der Waals surface area contributed by atoms with Crippen molar-refractivity contribution in [3.8, 4) is 0 Å². The van der Waals surface area contributed by atoms with Crippen LogP contribution < -0.4 is 5.73 Å². The number of carbonyl (C=O) groups excluding carboxylic acids is 1. The Labute approximate surface area is 128 Å². The molecule has 118 valence electrons. The summed E-state index contributed by atoms with van der Waals surface area (Å²) in [6, 6.07) is 0. The highest BCUT2D eigenvalue weighted by Crippen LogP contribution is 2.58. The second-order valence-electron chi connectivity index (χ2n) is 5.42. The van der Waals surface area contributed by atoms with Gasteiger partial charge in [0.2, 0.25) is 5.91 Å². The van der Waals surface area contributed by atoms with Gasteiger partial charge in [0.25, 0.3) is 0 Å².